The van der Waals surface area contributed by atoms with Gasteiger partial charge in [0.05, 0.1) is 32.9 Å². The zero-order valence-electron chi connectivity index (χ0n) is 18.2. The Morgan fingerprint density at radius 2 is 2.09 bits per heavy atom. The fraction of sp³-hybridized carbons (Fsp3) is 0.524. The summed E-state index contributed by atoms with van der Waals surface area (Å²) in [6.07, 6.45) is -3.63. The molecule has 2 atom stereocenters. The zero-order valence-corrected chi connectivity index (χ0v) is 18.2. The standard InChI is InChI=1S/C21H24F3N5O4/c1-13-12-33-8-7-27(13)17-10-19(31)28-6-4-16(21(22,23)24)29(20(28)26-17)11-15(30)14-3-5-25-18(9-14)32-2/h3,5,9-10,13,16H,4,6-8,11-12H2,1-2H3. The van der Waals surface area contributed by atoms with Crippen LogP contribution in [0.5, 0.6) is 5.88 Å². The monoisotopic (exact) mass is 467 g/mol. The molecule has 2 aliphatic heterocycles. The summed E-state index contributed by atoms with van der Waals surface area (Å²) in [6, 6.07) is 2.04. The summed E-state index contributed by atoms with van der Waals surface area (Å²) in [5, 5.41) is 0. The van der Waals surface area contributed by atoms with E-state index in [1.165, 1.54) is 36.1 Å². The molecule has 0 bridgehead atoms. The van der Waals surface area contributed by atoms with Crippen LogP contribution in [-0.2, 0) is 11.3 Å². The molecule has 0 saturated carbocycles. The minimum atomic E-state index is -4.61. The summed E-state index contributed by atoms with van der Waals surface area (Å²) in [5.41, 5.74) is -0.308. The van der Waals surface area contributed by atoms with E-state index >= 15 is 0 Å². The Labute approximate surface area is 187 Å². The van der Waals surface area contributed by atoms with E-state index in [4.69, 9.17) is 9.47 Å². The van der Waals surface area contributed by atoms with Crippen molar-refractivity contribution in [2.45, 2.75) is 38.1 Å². The number of morpholine rings is 1. The van der Waals surface area contributed by atoms with Crippen molar-refractivity contribution in [3.63, 3.8) is 0 Å². The molecule has 9 nitrogen and oxygen atoms in total. The second kappa shape index (κ2) is 9.00. The van der Waals surface area contributed by atoms with Gasteiger partial charge in [0.15, 0.2) is 5.78 Å². The van der Waals surface area contributed by atoms with Crippen LogP contribution in [0.1, 0.15) is 23.7 Å². The quantitative estimate of drug-likeness (QED) is 0.616. The lowest BCUT2D eigenvalue weighted by Crippen LogP contribution is -2.54. The number of methoxy groups -OCH3 is 1. The summed E-state index contributed by atoms with van der Waals surface area (Å²) in [5.74, 6) is -0.296. The molecule has 2 aromatic rings. The van der Waals surface area contributed by atoms with E-state index in [0.29, 0.717) is 19.8 Å². The lowest BCUT2D eigenvalue weighted by molar-refractivity contribution is -0.152. The number of hydrogen-bond donors (Lipinski definition) is 0. The normalized spacial score (nSPS) is 21.0. The van der Waals surface area contributed by atoms with E-state index in [9.17, 15) is 22.8 Å². The third kappa shape index (κ3) is 4.65. The van der Waals surface area contributed by atoms with Gasteiger partial charge in [0.1, 0.15) is 11.9 Å². The van der Waals surface area contributed by atoms with Gasteiger partial charge in [-0.2, -0.15) is 18.2 Å². The Hall–Kier alpha value is -3.15. The molecule has 0 aliphatic carbocycles. The van der Waals surface area contributed by atoms with Gasteiger partial charge in [-0.15, -0.1) is 0 Å². The minimum absolute atomic E-state index is 0.102. The summed E-state index contributed by atoms with van der Waals surface area (Å²) < 4.78 is 53.5. The number of carbonyl (C=O) groups excluding carboxylic acids is 1. The van der Waals surface area contributed by atoms with Gasteiger partial charge in [-0.1, -0.05) is 0 Å². The first-order chi connectivity index (χ1) is 15.7. The van der Waals surface area contributed by atoms with Crippen LogP contribution < -0.4 is 20.1 Å². The number of rotatable bonds is 5. The van der Waals surface area contributed by atoms with Gasteiger partial charge >= 0.3 is 6.18 Å². The van der Waals surface area contributed by atoms with Gasteiger partial charge in [0.2, 0.25) is 11.8 Å². The molecule has 2 aromatic heterocycles. The van der Waals surface area contributed by atoms with Crippen LogP contribution >= 0.6 is 0 Å². The molecule has 2 aliphatic rings. The second-order valence-electron chi connectivity index (χ2n) is 8.01. The number of aromatic nitrogens is 3. The number of carbonyl (C=O) groups is 1. The summed E-state index contributed by atoms with van der Waals surface area (Å²) in [6.45, 7) is 2.42. The third-order valence-electron chi connectivity index (χ3n) is 5.85. The number of ether oxygens (including phenoxy) is 2. The Morgan fingerprint density at radius 1 is 1.30 bits per heavy atom. The number of ketones is 1. The summed E-state index contributed by atoms with van der Waals surface area (Å²) in [4.78, 5) is 36.9. The highest BCUT2D eigenvalue weighted by atomic mass is 19.4. The topological polar surface area (TPSA) is 89.8 Å². The Bertz CT molecular complexity index is 1090. The Morgan fingerprint density at radius 3 is 2.79 bits per heavy atom. The first kappa shape index (κ1) is 23.0. The van der Waals surface area contributed by atoms with Crippen LogP contribution in [0.2, 0.25) is 0 Å². The summed E-state index contributed by atoms with van der Waals surface area (Å²) in [7, 11) is 1.38. The number of halogens is 3. The SMILES string of the molecule is COc1cc(C(=O)CN2c3nc(N4CCOCC4C)cc(=O)n3CCC2C(F)(F)F)ccn1. The van der Waals surface area contributed by atoms with E-state index in [-0.39, 0.29) is 42.2 Å². The van der Waals surface area contributed by atoms with Crippen molar-refractivity contribution in [2.24, 2.45) is 0 Å². The van der Waals surface area contributed by atoms with Gasteiger partial charge < -0.3 is 19.3 Å². The lowest BCUT2D eigenvalue weighted by Gasteiger charge is -2.40. The van der Waals surface area contributed by atoms with Crippen molar-refractivity contribution < 1.29 is 27.4 Å². The highest BCUT2D eigenvalue weighted by molar-refractivity contribution is 5.99. The maximum atomic E-state index is 13.9. The van der Waals surface area contributed by atoms with Crippen molar-refractivity contribution >= 4 is 17.5 Å². The zero-order chi connectivity index (χ0) is 23.8. The van der Waals surface area contributed by atoms with Gasteiger partial charge in [0, 0.05) is 37.0 Å². The molecule has 1 fully saturated rings. The van der Waals surface area contributed by atoms with Crippen molar-refractivity contribution in [2.75, 3.05) is 43.2 Å². The van der Waals surface area contributed by atoms with E-state index < -0.39 is 30.1 Å². The number of Topliss-reactive ketones (excluding diaryl/α,β-unsaturated/α-hetero) is 1. The molecule has 0 radical (unpaired) electrons. The van der Waals surface area contributed by atoms with E-state index in [0.717, 1.165) is 4.90 Å². The molecule has 2 unspecified atom stereocenters. The highest BCUT2D eigenvalue weighted by Gasteiger charge is 2.47. The molecule has 4 heterocycles. The third-order valence-corrected chi connectivity index (χ3v) is 5.85. The number of pyridine rings is 1. The molecule has 178 valence electrons. The molecule has 12 heteroatoms. The maximum absolute atomic E-state index is 13.9. The van der Waals surface area contributed by atoms with E-state index in [1.807, 2.05) is 11.8 Å². The first-order valence-electron chi connectivity index (χ1n) is 10.5. The molecular formula is C21H24F3N5O4. The van der Waals surface area contributed by atoms with E-state index in [1.54, 1.807) is 0 Å². The lowest BCUT2D eigenvalue weighted by atomic mass is 10.1. The van der Waals surface area contributed by atoms with Crippen LogP contribution in [0.3, 0.4) is 0 Å². The number of anilines is 2. The van der Waals surface area contributed by atoms with Gasteiger partial charge in [-0.05, 0) is 19.4 Å². The average molecular weight is 467 g/mol. The molecule has 0 amide bonds. The van der Waals surface area contributed by atoms with Crippen LogP contribution in [0.15, 0.2) is 29.2 Å². The molecule has 1 saturated heterocycles. The first-order valence-corrected chi connectivity index (χ1v) is 10.5. The average Bonchev–Trinajstić information content (AvgIpc) is 2.79. The predicted octanol–water partition coefficient (Wildman–Crippen LogP) is 1.90. The number of fused-ring (bicyclic) bond motifs is 1. The fourth-order valence-corrected chi connectivity index (χ4v) is 4.13. The largest absolute Gasteiger partial charge is 0.481 e. The van der Waals surface area contributed by atoms with Crippen molar-refractivity contribution in [3.8, 4) is 5.88 Å². The van der Waals surface area contributed by atoms with Crippen LogP contribution in [0, 0.1) is 0 Å². The number of nitrogens with zero attached hydrogens (tertiary/aromatic N) is 5. The van der Waals surface area contributed by atoms with Gasteiger partial charge in [-0.25, -0.2) is 4.98 Å². The Balaban J connectivity index is 1.75. The Kier molecular flexibility index (Phi) is 6.28. The van der Waals surface area contributed by atoms with Gasteiger partial charge in [0.25, 0.3) is 5.56 Å². The van der Waals surface area contributed by atoms with Crippen LogP contribution in [0.25, 0.3) is 0 Å². The molecule has 33 heavy (non-hydrogen) atoms. The summed E-state index contributed by atoms with van der Waals surface area (Å²) >= 11 is 0. The minimum Gasteiger partial charge on any atom is -0.481 e. The van der Waals surface area contributed by atoms with Gasteiger partial charge in [-0.3, -0.25) is 14.2 Å². The molecular weight excluding hydrogens is 443 g/mol. The highest BCUT2D eigenvalue weighted by Crippen LogP contribution is 2.34. The molecule has 4 rings (SSSR count). The van der Waals surface area contributed by atoms with Crippen molar-refractivity contribution in [1.82, 2.24) is 14.5 Å². The number of hydrogen-bond acceptors (Lipinski definition) is 8. The maximum Gasteiger partial charge on any atom is 0.408 e. The smallest absolute Gasteiger partial charge is 0.408 e. The molecule has 0 spiro atoms. The van der Waals surface area contributed by atoms with Crippen LogP contribution in [-0.4, -0.2) is 72.0 Å². The fourth-order valence-electron chi connectivity index (χ4n) is 4.13. The van der Waals surface area contributed by atoms with Crippen LogP contribution in [0.4, 0.5) is 24.9 Å². The molecule has 0 aromatic carbocycles. The number of alkyl halides is 3. The predicted molar refractivity (Wildman–Crippen MR) is 113 cm³/mol. The van der Waals surface area contributed by atoms with Crippen molar-refractivity contribution in [1.29, 1.82) is 0 Å². The van der Waals surface area contributed by atoms with E-state index in [2.05, 4.69) is 9.97 Å². The molecule has 0 N–H and O–H groups in total. The second-order valence-corrected chi connectivity index (χ2v) is 8.01. The van der Waals surface area contributed by atoms with Crippen molar-refractivity contribution in [3.05, 3.63) is 40.3 Å².